The molecular formula is C24H33ClN4O3. The van der Waals surface area contributed by atoms with Gasteiger partial charge in [-0.1, -0.05) is 55.8 Å². The minimum Gasteiger partial charge on any atom is -0.497 e. The van der Waals surface area contributed by atoms with Crippen molar-refractivity contribution in [1.82, 2.24) is 14.9 Å². The third kappa shape index (κ3) is 6.25. The smallest absolute Gasteiger partial charge is 0.294 e. The fourth-order valence-corrected chi connectivity index (χ4v) is 4.53. The highest BCUT2D eigenvalue weighted by molar-refractivity contribution is 6.32. The summed E-state index contributed by atoms with van der Waals surface area (Å²) in [4.78, 5) is 30.3. The van der Waals surface area contributed by atoms with Crippen LogP contribution < -0.4 is 20.9 Å². The third-order valence-electron chi connectivity index (χ3n) is 5.79. The molecule has 1 aliphatic rings. The van der Waals surface area contributed by atoms with Crippen LogP contribution in [-0.4, -0.2) is 35.2 Å². The lowest BCUT2D eigenvalue weighted by Crippen LogP contribution is -2.37. The van der Waals surface area contributed by atoms with E-state index in [-0.39, 0.29) is 35.0 Å². The molecule has 1 aromatic heterocycles. The summed E-state index contributed by atoms with van der Waals surface area (Å²) in [7, 11) is 1.57. The molecule has 174 valence electrons. The first-order valence-corrected chi connectivity index (χ1v) is 11.7. The van der Waals surface area contributed by atoms with Crippen molar-refractivity contribution in [3.63, 3.8) is 0 Å². The fraction of sp³-hybridized carbons (Fsp3) is 0.542. The van der Waals surface area contributed by atoms with Crippen LogP contribution in [0.3, 0.4) is 0 Å². The number of methoxy groups -OCH3 is 1. The van der Waals surface area contributed by atoms with Crippen molar-refractivity contribution in [2.45, 2.75) is 65.0 Å². The molecule has 32 heavy (non-hydrogen) atoms. The van der Waals surface area contributed by atoms with Crippen LogP contribution in [0.5, 0.6) is 5.75 Å². The number of aromatic nitrogens is 2. The van der Waals surface area contributed by atoms with Gasteiger partial charge in [-0.05, 0) is 38.3 Å². The summed E-state index contributed by atoms with van der Waals surface area (Å²) in [6.07, 6.45) is 7.35. The van der Waals surface area contributed by atoms with Gasteiger partial charge in [-0.25, -0.2) is 4.98 Å². The van der Waals surface area contributed by atoms with E-state index in [2.05, 4.69) is 15.6 Å². The molecule has 1 heterocycles. The highest BCUT2D eigenvalue weighted by Crippen LogP contribution is 2.29. The Kier molecular flexibility index (Phi) is 8.56. The van der Waals surface area contributed by atoms with E-state index in [1.807, 2.05) is 26.0 Å². The first kappa shape index (κ1) is 24.1. The van der Waals surface area contributed by atoms with E-state index in [1.165, 1.54) is 36.7 Å². The van der Waals surface area contributed by atoms with Crippen LogP contribution >= 0.6 is 11.6 Å². The van der Waals surface area contributed by atoms with E-state index in [0.29, 0.717) is 29.5 Å². The topological polar surface area (TPSA) is 85.2 Å². The number of nitrogens with one attached hydrogen (secondary N) is 2. The number of halogens is 1. The average molecular weight is 461 g/mol. The molecular weight excluding hydrogens is 428 g/mol. The largest absolute Gasteiger partial charge is 0.497 e. The van der Waals surface area contributed by atoms with Gasteiger partial charge in [-0.15, -0.1) is 0 Å². The normalized spacial score (nSPS) is 14.4. The molecule has 1 fully saturated rings. The molecule has 0 bridgehead atoms. The molecule has 0 aliphatic heterocycles. The molecule has 7 nitrogen and oxygen atoms in total. The molecule has 1 aliphatic carbocycles. The second-order valence-electron chi connectivity index (χ2n) is 8.66. The fourth-order valence-electron chi connectivity index (χ4n) is 4.23. The molecule has 2 N–H and O–H groups in total. The van der Waals surface area contributed by atoms with Crippen LogP contribution in [0.1, 0.15) is 52.4 Å². The molecule has 0 atom stereocenters. The number of benzene rings is 1. The summed E-state index contributed by atoms with van der Waals surface area (Å²) < 4.78 is 6.71. The van der Waals surface area contributed by atoms with Crippen LogP contribution in [0.25, 0.3) is 11.3 Å². The number of anilines is 1. The quantitative estimate of drug-likeness (QED) is 0.576. The van der Waals surface area contributed by atoms with Gasteiger partial charge in [-0.3, -0.25) is 14.2 Å². The van der Waals surface area contributed by atoms with Gasteiger partial charge >= 0.3 is 0 Å². The van der Waals surface area contributed by atoms with Crippen molar-refractivity contribution < 1.29 is 9.53 Å². The van der Waals surface area contributed by atoms with Crippen molar-refractivity contribution in [2.75, 3.05) is 19.0 Å². The Hall–Kier alpha value is -2.54. The van der Waals surface area contributed by atoms with E-state index in [0.717, 1.165) is 6.42 Å². The van der Waals surface area contributed by atoms with Gasteiger partial charge in [0.05, 0.1) is 12.8 Å². The highest BCUT2D eigenvalue weighted by Gasteiger charge is 2.20. The standard InChI is InChI=1S/C24H33ClN4O3/c1-16(2)27-20(30)15-29-21(18-10-7-11-19(14-18)32-3)22(25)28-23(24(29)31)26-13-12-17-8-5-4-6-9-17/h7,10-11,14,16-17H,4-6,8-9,12-13,15H2,1-3H3,(H,26,28)(H,27,30). The van der Waals surface area contributed by atoms with E-state index < -0.39 is 0 Å². The molecule has 0 radical (unpaired) electrons. The maximum Gasteiger partial charge on any atom is 0.294 e. The molecule has 1 saturated carbocycles. The average Bonchev–Trinajstić information content (AvgIpc) is 2.77. The number of amides is 1. The van der Waals surface area contributed by atoms with E-state index in [4.69, 9.17) is 16.3 Å². The zero-order chi connectivity index (χ0) is 23.1. The summed E-state index contributed by atoms with van der Waals surface area (Å²) in [5.41, 5.74) is 0.687. The number of carbonyl (C=O) groups is 1. The molecule has 2 aromatic rings. The van der Waals surface area contributed by atoms with Gasteiger partial charge in [0.2, 0.25) is 5.91 Å². The van der Waals surface area contributed by atoms with Crippen LogP contribution in [-0.2, 0) is 11.3 Å². The summed E-state index contributed by atoms with van der Waals surface area (Å²) in [6.45, 7) is 4.26. The maximum absolute atomic E-state index is 13.3. The van der Waals surface area contributed by atoms with Crippen molar-refractivity contribution >= 4 is 23.3 Å². The molecule has 0 unspecified atom stereocenters. The van der Waals surface area contributed by atoms with Crippen molar-refractivity contribution in [3.05, 3.63) is 39.8 Å². The van der Waals surface area contributed by atoms with Crippen molar-refractivity contribution in [2.24, 2.45) is 5.92 Å². The van der Waals surface area contributed by atoms with Crippen molar-refractivity contribution in [1.29, 1.82) is 0 Å². The van der Waals surface area contributed by atoms with Gasteiger partial charge in [0.25, 0.3) is 5.56 Å². The zero-order valence-electron chi connectivity index (χ0n) is 19.1. The lowest BCUT2D eigenvalue weighted by atomic mass is 9.87. The minimum absolute atomic E-state index is 0.0381. The number of hydrogen-bond acceptors (Lipinski definition) is 5. The van der Waals surface area contributed by atoms with Crippen LogP contribution in [0.4, 0.5) is 5.82 Å². The van der Waals surface area contributed by atoms with Crippen LogP contribution in [0, 0.1) is 5.92 Å². The summed E-state index contributed by atoms with van der Waals surface area (Å²) in [6, 6.07) is 7.17. The Labute approximate surface area is 194 Å². The maximum atomic E-state index is 13.3. The summed E-state index contributed by atoms with van der Waals surface area (Å²) in [5, 5.41) is 6.17. The lowest BCUT2D eigenvalue weighted by molar-refractivity contribution is -0.122. The van der Waals surface area contributed by atoms with Crippen LogP contribution in [0.2, 0.25) is 5.15 Å². The second-order valence-corrected chi connectivity index (χ2v) is 9.02. The molecule has 8 heteroatoms. The Morgan fingerprint density at radius 3 is 2.72 bits per heavy atom. The summed E-state index contributed by atoms with van der Waals surface area (Å²) >= 11 is 6.57. The molecule has 1 amide bonds. The van der Waals surface area contributed by atoms with Gasteiger partial charge in [-0.2, -0.15) is 0 Å². The predicted molar refractivity (Wildman–Crippen MR) is 128 cm³/mol. The Morgan fingerprint density at radius 2 is 2.03 bits per heavy atom. The van der Waals surface area contributed by atoms with Gasteiger partial charge in [0, 0.05) is 18.2 Å². The second kappa shape index (κ2) is 11.4. The number of nitrogens with zero attached hydrogens (tertiary/aromatic N) is 2. The first-order valence-electron chi connectivity index (χ1n) is 11.4. The first-order chi connectivity index (χ1) is 15.4. The molecule has 3 rings (SSSR count). The SMILES string of the molecule is COc1cccc(-c2c(Cl)nc(NCCC3CCCCC3)c(=O)n2CC(=O)NC(C)C)c1. The van der Waals surface area contributed by atoms with Crippen molar-refractivity contribution in [3.8, 4) is 17.0 Å². The Morgan fingerprint density at radius 1 is 1.28 bits per heavy atom. The predicted octanol–water partition coefficient (Wildman–Crippen LogP) is 4.48. The Bertz CT molecular complexity index is 984. The minimum atomic E-state index is -0.366. The Balaban J connectivity index is 1.92. The zero-order valence-corrected chi connectivity index (χ0v) is 19.9. The summed E-state index contributed by atoms with van der Waals surface area (Å²) in [5.74, 6) is 1.22. The number of hydrogen-bond donors (Lipinski definition) is 2. The molecule has 0 saturated heterocycles. The van der Waals surface area contributed by atoms with Crippen LogP contribution in [0.15, 0.2) is 29.1 Å². The molecule has 1 aromatic carbocycles. The molecule has 0 spiro atoms. The number of rotatable bonds is 9. The highest BCUT2D eigenvalue weighted by atomic mass is 35.5. The number of carbonyl (C=O) groups excluding carboxylic acids is 1. The lowest BCUT2D eigenvalue weighted by Gasteiger charge is -2.22. The van der Waals surface area contributed by atoms with Gasteiger partial charge in [0.15, 0.2) is 11.0 Å². The van der Waals surface area contributed by atoms with Gasteiger partial charge in [0.1, 0.15) is 12.3 Å². The number of ether oxygens (including phenoxy) is 1. The van der Waals surface area contributed by atoms with E-state index in [1.54, 1.807) is 19.2 Å². The van der Waals surface area contributed by atoms with E-state index in [9.17, 15) is 9.59 Å². The van der Waals surface area contributed by atoms with E-state index >= 15 is 0 Å². The third-order valence-corrected chi connectivity index (χ3v) is 6.05. The van der Waals surface area contributed by atoms with Gasteiger partial charge < -0.3 is 15.4 Å². The monoisotopic (exact) mass is 460 g/mol.